The van der Waals surface area contributed by atoms with Crippen molar-refractivity contribution < 1.29 is 22.7 Å². The van der Waals surface area contributed by atoms with Crippen molar-refractivity contribution in [1.29, 1.82) is 5.26 Å². The summed E-state index contributed by atoms with van der Waals surface area (Å²) in [5.41, 5.74) is 3.49. The molecule has 0 aromatic heterocycles. The summed E-state index contributed by atoms with van der Waals surface area (Å²) in [5, 5.41) is 11.6. The summed E-state index contributed by atoms with van der Waals surface area (Å²) in [5.74, 6) is 5.17. The molecule has 1 amide bonds. The van der Waals surface area contributed by atoms with Gasteiger partial charge in [0, 0.05) is 11.5 Å². The number of carbonyl (C=O) groups excluding carboxylic acids is 1. The van der Waals surface area contributed by atoms with Gasteiger partial charge in [0.25, 0.3) is 0 Å². The van der Waals surface area contributed by atoms with E-state index in [1.54, 1.807) is 6.07 Å². The van der Waals surface area contributed by atoms with Gasteiger partial charge >= 0.3 is 12.3 Å². The van der Waals surface area contributed by atoms with Gasteiger partial charge in [0.1, 0.15) is 12.7 Å². The third kappa shape index (κ3) is 4.68. The van der Waals surface area contributed by atoms with Crippen molar-refractivity contribution in [3.05, 3.63) is 94.5 Å². The van der Waals surface area contributed by atoms with Crippen LogP contribution in [0.1, 0.15) is 33.7 Å². The molecular weight excluding hydrogens is 429 g/mol. The van der Waals surface area contributed by atoms with Crippen molar-refractivity contribution in [2.75, 3.05) is 13.2 Å². The van der Waals surface area contributed by atoms with Crippen LogP contribution in [0.3, 0.4) is 0 Å². The lowest BCUT2D eigenvalue weighted by Crippen LogP contribution is -2.26. The highest BCUT2D eigenvalue weighted by atomic mass is 19.4. The molecule has 0 aliphatic heterocycles. The number of nitriles is 1. The van der Waals surface area contributed by atoms with Crippen molar-refractivity contribution in [3.63, 3.8) is 0 Å². The second-order valence-corrected chi connectivity index (χ2v) is 7.35. The first-order valence-corrected chi connectivity index (χ1v) is 10.1. The van der Waals surface area contributed by atoms with Gasteiger partial charge in [-0.15, -0.1) is 0 Å². The Labute approximate surface area is 188 Å². The van der Waals surface area contributed by atoms with E-state index in [1.165, 1.54) is 0 Å². The molecule has 0 radical (unpaired) electrons. The fourth-order valence-electron chi connectivity index (χ4n) is 3.83. The van der Waals surface area contributed by atoms with Crippen LogP contribution in [0.4, 0.5) is 18.0 Å². The van der Waals surface area contributed by atoms with Crippen LogP contribution in [0.25, 0.3) is 11.1 Å². The van der Waals surface area contributed by atoms with Crippen molar-refractivity contribution in [1.82, 2.24) is 5.32 Å². The van der Waals surface area contributed by atoms with Gasteiger partial charge in [0.05, 0.1) is 17.7 Å². The Morgan fingerprint density at radius 2 is 1.61 bits per heavy atom. The largest absolute Gasteiger partial charge is 0.449 e. The van der Waals surface area contributed by atoms with Gasteiger partial charge in [0.15, 0.2) is 0 Å². The molecule has 0 unspecified atom stereocenters. The molecule has 0 atom stereocenters. The zero-order chi connectivity index (χ0) is 23.4. The molecule has 33 heavy (non-hydrogen) atoms. The van der Waals surface area contributed by atoms with E-state index >= 15 is 0 Å². The number of carbonyl (C=O) groups is 1. The topological polar surface area (TPSA) is 62.1 Å². The molecule has 0 saturated carbocycles. The lowest BCUT2D eigenvalue weighted by Gasteiger charge is -2.14. The van der Waals surface area contributed by atoms with Gasteiger partial charge in [-0.3, -0.25) is 0 Å². The quantitative estimate of drug-likeness (QED) is 0.543. The van der Waals surface area contributed by atoms with E-state index in [-0.39, 0.29) is 30.2 Å². The maximum Gasteiger partial charge on any atom is 0.416 e. The monoisotopic (exact) mass is 446 g/mol. The van der Waals surface area contributed by atoms with Crippen molar-refractivity contribution in [2.24, 2.45) is 0 Å². The molecule has 1 aliphatic carbocycles. The zero-order valence-corrected chi connectivity index (χ0v) is 17.2. The molecule has 4 nitrogen and oxygen atoms in total. The minimum Gasteiger partial charge on any atom is -0.449 e. The summed E-state index contributed by atoms with van der Waals surface area (Å²) in [7, 11) is 0. The van der Waals surface area contributed by atoms with Crippen LogP contribution >= 0.6 is 0 Å². The molecular formula is C26H17F3N2O2. The first-order chi connectivity index (χ1) is 15.9. The molecule has 7 heteroatoms. The van der Waals surface area contributed by atoms with Gasteiger partial charge in [0.2, 0.25) is 0 Å². The van der Waals surface area contributed by atoms with Gasteiger partial charge in [-0.2, -0.15) is 18.4 Å². The SMILES string of the molecule is N#Cc1cc(C(F)(F)F)ccc1C#CCNC(=O)OCC1c2ccccc2-c2ccccc21. The van der Waals surface area contributed by atoms with Crippen LogP contribution in [0.2, 0.25) is 0 Å². The van der Waals surface area contributed by atoms with E-state index in [0.29, 0.717) is 0 Å². The van der Waals surface area contributed by atoms with Crippen molar-refractivity contribution >= 4 is 6.09 Å². The molecule has 0 bridgehead atoms. The molecule has 3 aromatic rings. The van der Waals surface area contributed by atoms with Gasteiger partial charge < -0.3 is 10.1 Å². The second-order valence-electron chi connectivity index (χ2n) is 7.35. The molecule has 0 saturated heterocycles. The third-order valence-electron chi connectivity index (χ3n) is 5.36. The highest BCUT2D eigenvalue weighted by molar-refractivity contribution is 5.79. The van der Waals surface area contributed by atoms with Crippen LogP contribution in [-0.4, -0.2) is 19.2 Å². The predicted molar refractivity (Wildman–Crippen MR) is 116 cm³/mol. The smallest absolute Gasteiger partial charge is 0.416 e. The number of alkyl halides is 3. The summed E-state index contributed by atoms with van der Waals surface area (Å²) < 4.78 is 43.7. The summed E-state index contributed by atoms with van der Waals surface area (Å²) in [6.45, 7) is 0.0767. The van der Waals surface area contributed by atoms with Crippen molar-refractivity contribution in [3.8, 4) is 29.0 Å². The van der Waals surface area contributed by atoms with E-state index in [0.717, 1.165) is 40.5 Å². The van der Waals surface area contributed by atoms with Gasteiger partial charge in [-0.05, 0) is 40.5 Å². The normalized spacial score (nSPS) is 12.1. The Balaban J connectivity index is 1.36. The highest BCUT2D eigenvalue weighted by Crippen LogP contribution is 2.44. The third-order valence-corrected chi connectivity index (χ3v) is 5.36. The number of fused-ring (bicyclic) bond motifs is 3. The van der Waals surface area contributed by atoms with Crippen molar-refractivity contribution in [2.45, 2.75) is 12.1 Å². The highest BCUT2D eigenvalue weighted by Gasteiger charge is 2.31. The van der Waals surface area contributed by atoms with Crippen LogP contribution < -0.4 is 5.32 Å². The summed E-state index contributed by atoms with van der Waals surface area (Å²) in [6, 6.07) is 20.4. The number of hydrogen-bond donors (Lipinski definition) is 1. The van der Waals surface area contributed by atoms with Crippen LogP contribution in [-0.2, 0) is 10.9 Å². The van der Waals surface area contributed by atoms with Crippen LogP contribution in [0, 0.1) is 23.2 Å². The standard InChI is InChI=1S/C26H17F3N2O2/c27-26(28,29)19-12-11-17(18(14-19)15-30)6-5-13-31-25(32)33-16-24-22-9-3-1-7-20(22)21-8-2-4-10-23(21)24/h1-4,7-12,14,24H,13,16H2,(H,31,32). The lowest BCUT2D eigenvalue weighted by molar-refractivity contribution is -0.137. The number of nitrogens with one attached hydrogen (secondary N) is 1. The molecule has 0 fully saturated rings. The molecule has 164 valence electrons. The number of nitrogens with zero attached hydrogens (tertiary/aromatic N) is 1. The average Bonchev–Trinajstić information content (AvgIpc) is 3.13. The predicted octanol–water partition coefficient (Wildman–Crippen LogP) is 5.47. The Bertz CT molecular complexity index is 1270. The molecule has 3 aromatic carbocycles. The number of benzene rings is 3. The molecule has 1 aliphatic rings. The molecule has 0 heterocycles. The first-order valence-electron chi connectivity index (χ1n) is 10.1. The minimum absolute atomic E-state index is 0.0698. The number of halogens is 3. The Morgan fingerprint density at radius 1 is 0.970 bits per heavy atom. The van der Waals surface area contributed by atoms with Crippen LogP contribution in [0.15, 0.2) is 66.7 Å². The van der Waals surface area contributed by atoms with E-state index in [2.05, 4.69) is 17.2 Å². The summed E-state index contributed by atoms with van der Waals surface area (Å²) >= 11 is 0. The fourth-order valence-corrected chi connectivity index (χ4v) is 3.83. The zero-order valence-electron chi connectivity index (χ0n) is 17.2. The van der Waals surface area contributed by atoms with E-state index < -0.39 is 17.8 Å². The number of ether oxygens (including phenoxy) is 1. The number of alkyl carbamates (subject to hydrolysis) is 1. The Hall–Kier alpha value is -4.23. The molecule has 4 rings (SSSR count). The maximum atomic E-state index is 12.8. The summed E-state index contributed by atoms with van der Waals surface area (Å²) in [6.07, 6.45) is -5.19. The first kappa shape index (κ1) is 22.0. The molecule has 0 spiro atoms. The average molecular weight is 446 g/mol. The number of hydrogen-bond acceptors (Lipinski definition) is 3. The van der Waals surface area contributed by atoms with E-state index in [4.69, 9.17) is 10.00 Å². The minimum atomic E-state index is -4.54. The van der Waals surface area contributed by atoms with E-state index in [1.807, 2.05) is 48.5 Å². The fraction of sp³-hybridized carbons (Fsp3) is 0.154. The second kappa shape index (κ2) is 9.10. The maximum absolute atomic E-state index is 12.8. The van der Waals surface area contributed by atoms with E-state index in [9.17, 15) is 18.0 Å². The summed E-state index contributed by atoms with van der Waals surface area (Å²) in [4.78, 5) is 12.1. The van der Waals surface area contributed by atoms with Gasteiger partial charge in [-0.25, -0.2) is 4.79 Å². The van der Waals surface area contributed by atoms with Crippen LogP contribution in [0.5, 0.6) is 0 Å². The Morgan fingerprint density at radius 3 is 2.21 bits per heavy atom. The number of rotatable bonds is 3. The number of amides is 1. The Kier molecular flexibility index (Phi) is 6.06. The van der Waals surface area contributed by atoms with Gasteiger partial charge in [-0.1, -0.05) is 60.4 Å². The molecule has 1 N–H and O–H groups in total. The lowest BCUT2D eigenvalue weighted by atomic mass is 9.98.